The van der Waals surface area contributed by atoms with Crippen LogP contribution in [0, 0.1) is 18.3 Å². The van der Waals surface area contributed by atoms with Crippen LogP contribution in [-0.2, 0) is 6.42 Å². The molecule has 0 unspecified atom stereocenters. The number of alkyl halides is 2. The highest BCUT2D eigenvalue weighted by atomic mass is 19.3. The van der Waals surface area contributed by atoms with Crippen LogP contribution in [0.3, 0.4) is 0 Å². The molecule has 74 valence electrons. The summed E-state index contributed by atoms with van der Waals surface area (Å²) in [4.78, 5) is 13.3. The predicted octanol–water partition coefficient (Wildman–Crippen LogP) is 1.69. The monoisotopic (exact) mass is 198 g/mol. The van der Waals surface area contributed by atoms with Crippen molar-refractivity contribution < 1.29 is 8.78 Å². The fourth-order valence-electron chi connectivity index (χ4n) is 1.24. The maximum atomic E-state index is 12.5. The molecule has 0 fully saturated rings. The minimum Gasteiger partial charge on any atom is -0.329 e. The van der Waals surface area contributed by atoms with E-state index in [1.54, 1.807) is 6.07 Å². The Bertz CT molecular complexity index is 431. The van der Waals surface area contributed by atoms with E-state index in [0.29, 0.717) is 0 Å². The lowest BCUT2D eigenvalue weighted by molar-refractivity contribution is 0.149. The van der Waals surface area contributed by atoms with Crippen LogP contribution in [0.4, 0.5) is 8.78 Å². The zero-order chi connectivity index (χ0) is 10.7. The number of aromatic nitrogens is 1. The summed E-state index contributed by atoms with van der Waals surface area (Å²) in [6.07, 6.45) is -1.68. The smallest absolute Gasteiger partial charge is 0.264 e. The van der Waals surface area contributed by atoms with E-state index >= 15 is 0 Å². The average Bonchev–Trinajstić information content (AvgIpc) is 2.11. The van der Waals surface area contributed by atoms with Crippen molar-refractivity contribution in [1.82, 2.24) is 4.98 Å². The molecule has 0 saturated carbocycles. The van der Waals surface area contributed by atoms with Crippen LogP contribution < -0.4 is 5.56 Å². The molecule has 1 aromatic heterocycles. The van der Waals surface area contributed by atoms with Gasteiger partial charge in [0.1, 0.15) is 0 Å². The number of aromatic amines is 1. The van der Waals surface area contributed by atoms with Gasteiger partial charge >= 0.3 is 0 Å². The molecule has 1 rings (SSSR count). The first-order valence-electron chi connectivity index (χ1n) is 3.94. The summed E-state index contributed by atoms with van der Waals surface area (Å²) in [5.74, 6) is 0. The molecular formula is C9H8F2N2O. The molecule has 1 N–H and O–H groups in total. The molecular weight excluding hydrogens is 190 g/mol. The van der Waals surface area contributed by atoms with E-state index in [9.17, 15) is 13.6 Å². The van der Waals surface area contributed by atoms with Gasteiger partial charge in [0, 0.05) is 17.3 Å². The Labute approximate surface area is 79.0 Å². The van der Waals surface area contributed by atoms with Crippen LogP contribution in [0.2, 0.25) is 0 Å². The molecule has 0 amide bonds. The number of hydrogen-bond donors (Lipinski definition) is 1. The third-order valence-electron chi connectivity index (χ3n) is 1.96. The second-order valence-corrected chi connectivity index (χ2v) is 2.82. The topological polar surface area (TPSA) is 56.6 Å². The second-order valence-electron chi connectivity index (χ2n) is 2.82. The Morgan fingerprint density at radius 2 is 2.29 bits per heavy atom. The van der Waals surface area contributed by atoms with E-state index in [-0.39, 0.29) is 23.1 Å². The summed E-state index contributed by atoms with van der Waals surface area (Å²) < 4.78 is 25.1. The summed E-state index contributed by atoms with van der Waals surface area (Å²) in [6.45, 7) is 1.32. The van der Waals surface area contributed by atoms with E-state index in [0.717, 1.165) is 0 Å². The first-order valence-corrected chi connectivity index (χ1v) is 3.94. The van der Waals surface area contributed by atoms with Gasteiger partial charge < -0.3 is 4.98 Å². The van der Waals surface area contributed by atoms with Crippen molar-refractivity contribution in [2.24, 2.45) is 0 Å². The largest absolute Gasteiger partial charge is 0.329 e. The Balaban J connectivity index is 3.39. The highest BCUT2D eigenvalue weighted by molar-refractivity contribution is 5.33. The summed E-state index contributed by atoms with van der Waals surface area (Å²) >= 11 is 0. The number of nitrogens with zero attached hydrogens (tertiary/aromatic N) is 1. The highest BCUT2D eigenvalue weighted by Gasteiger charge is 2.17. The van der Waals surface area contributed by atoms with Gasteiger partial charge in [0.05, 0.1) is 12.5 Å². The van der Waals surface area contributed by atoms with E-state index in [4.69, 9.17) is 5.26 Å². The molecule has 0 spiro atoms. The van der Waals surface area contributed by atoms with Crippen molar-refractivity contribution in [2.75, 3.05) is 0 Å². The average molecular weight is 198 g/mol. The normalized spacial score (nSPS) is 10.2. The highest BCUT2D eigenvalue weighted by Crippen LogP contribution is 2.24. The lowest BCUT2D eigenvalue weighted by atomic mass is 10.0. The van der Waals surface area contributed by atoms with Crippen molar-refractivity contribution in [3.8, 4) is 6.07 Å². The SMILES string of the molecule is Cc1c(C(F)F)c(CC#N)c[nH]c1=O. The van der Waals surface area contributed by atoms with Crippen molar-refractivity contribution in [1.29, 1.82) is 5.26 Å². The first kappa shape index (κ1) is 10.4. The third-order valence-corrected chi connectivity index (χ3v) is 1.96. The molecule has 5 heteroatoms. The summed E-state index contributed by atoms with van der Waals surface area (Å²) in [5, 5.41) is 8.40. The number of H-pyrrole nitrogens is 1. The van der Waals surface area contributed by atoms with Crippen LogP contribution in [0.15, 0.2) is 11.0 Å². The van der Waals surface area contributed by atoms with Gasteiger partial charge in [0.2, 0.25) is 0 Å². The lowest BCUT2D eigenvalue weighted by Gasteiger charge is -2.07. The number of rotatable bonds is 2. The Kier molecular flexibility index (Phi) is 2.97. The second kappa shape index (κ2) is 4.01. The summed E-state index contributed by atoms with van der Waals surface area (Å²) in [6, 6.07) is 1.77. The maximum absolute atomic E-state index is 12.5. The minimum atomic E-state index is -2.72. The molecule has 0 atom stereocenters. The van der Waals surface area contributed by atoms with Gasteiger partial charge in [-0.05, 0) is 12.5 Å². The number of nitriles is 1. The van der Waals surface area contributed by atoms with E-state index in [1.165, 1.54) is 13.1 Å². The van der Waals surface area contributed by atoms with Crippen molar-refractivity contribution in [3.63, 3.8) is 0 Å². The van der Waals surface area contributed by atoms with Gasteiger partial charge in [-0.25, -0.2) is 8.78 Å². The number of halogens is 2. The molecule has 0 aliphatic rings. The standard InChI is InChI=1S/C9H8F2N2O/c1-5-7(8(10)11)6(2-3-12)4-13-9(5)14/h4,8H,2H2,1H3,(H,13,14). The van der Waals surface area contributed by atoms with Gasteiger partial charge in [0.15, 0.2) is 0 Å². The number of pyridine rings is 1. The van der Waals surface area contributed by atoms with Gasteiger partial charge in [-0.15, -0.1) is 0 Å². The molecule has 1 aromatic rings. The van der Waals surface area contributed by atoms with Crippen LogP contribution in [0.1, 0.15) is 23.1 Å². The molecule has 3 nitrogen and oxygen atoms in total. The van der Waals surface area contributed by atoms with Gasteiger partial charge in [-0.3, -0.25) is 4.79 Å². The molecule has 0 aliphatic carbocycles. The molecule has 0 saturated heterocycles. The molecule has 14 heavy (non-hydrogen) atoms. The quantitative estimate of drug-likeness (QED) is 0.786. The van der Waals surface area contributed by atoms with Gasteiger partial charge in [0.25, 0.3) is 12.0 Å². The van der Waals surface area contributed by atoms with Crippen LogP contribution in [0.5, 0.6) is 0 Å². The zero-order valence-electron chi connectivity index (χ0n) is 7.47. The van der Waals surface area contributed by atoms with Gasteiger partial charge in [-0.2, -0.15) is 5.26 Å². The fourth-order valence-corrected chi connectivity index (χ4v) is 1.24. The molecule has 1 heterocycles. The zero-order valence-corrected chi connectivity index (χ0v) is 7.47. The van der Waals surface area contributed by atoms with Crippen LogP contribution >= 0.6 is 0 Å². The Hall–Kier alpha value is -1.70. The predicted molar refractivity (Wildman–Crippen MR) is 46.1 cm³/mol. The van der Waals surface area contributed by atoms with E-state index in [1.807, 2.05) is 0 Å². The van der Waals surface area contributed by atoms with Gasteiger partial charge in [-0.1, -0.05) is 0 Å². The summed E-state index contributed by atoms with van der Waals surface area (Å²) in [7, 11) is 0. The van der Waals surface area contributed by atoms with Crippen LogP contribution in [0.25, 0.3) is 0 Å². The first-order chi connectivity index (χ1) is 6.57. The maximum Gasteiger partial charge on any atom is 0.264 e. The lowest BCUT2D eigenvalue weighted by Crippen LogP contribution is -2.14. The van der Waals surface area contributed by atoms with Crippen molar-refractivity contribution in [3.05, 3.63) is 33.2 Å². The minimum absolute atomic E-state index is 0.0206. The Morgan fingerprint density at radius 1 is 1.64 bits per heavy atom. The molecule has 0 aliphatic heterocycles. The van der Waals surface area contributed by atoms with Crippen molar-refractivity contribution in [2.45, 2.75) is 19.8 Å². The number of hydrogen-bond acceptors (Lipinski definition) is 2. The third kappa shape index (κ3) is 1.79. The van der Waals surface area contributed by atoms with E-state index < -0.39 is 12.0 Å². The fraction of sp³-hybridized carbons (Fsp3) is 0.333. The molecule has 0 radical (unpaired) electrons. The molecule has 0 aromatic carbocycles. The van der Waals surface area contributed by atoms with Crippen molar-refractivity contribution >= 4 is 0 Å². The Morgan fingerprint density at radius 3 is 2.79 bits per heavy atom. The number of nitrogens with one attached hydrogen (secondary N) is 1. The van der Waals surface area contributed by atoms with E-state index in [2.05, 4.69) is 4.98 Å². The molecule has 0 bridgehead atoms. The van der Waals surface area contributed by atoms with Crippen LogP contribution in [-0.4, -0.2) is 4.98 Å². The summed E-state index contributed by atoms with van der Waals surface area (Å²) in [5.41, 5.74) is -0.704.